The number of aliphatic hydroxyl groups excluding tert-OH is 1. The van der Waals surface area contributed by atoms with Gasteiger partial charge in [0.15, 0.2) is 0 Å². The van der Waals surface area contributed by atoms with E-state index < -0.39 is 0 Å². The molecule has 1 heterocycles. The standard InChI is InChI=1S/C9H14N4O2/c1-2-13(3-4-14)9(15)7-5-12-8(10)6-11-7/h5-6,14H,2-4H2,1H3,(H2,10,12). The van der Waals surface area contributed by atoms with Gasteiger partial charge in [-0.15, -0.1) is 0 Å². The number of carbonyl (C=O) groups is 1. The topological polar surface area (TPSA) is 92.3 Å². The van der Waals surface area contributed by atoms with Crippen LogP contribution >= 0.6 is 0 Å². The van der Waals surface area contributed by atoms with Crippen molar-refractivity contribution >= 4 is 11.7 Å². The summed E-state index contributed by atoms with van der Waals surface area (Å²) in [6.07, 6.45) is 2.66. The van der Waals surface area contributed by atoms with Crippen LogP contribution in [0.3, 0.4) is 0 Å². The van der Waals surface area contributed by atoms with Gasteiger partial charge in [-0.1, -0.05) is 0 Å². The number of amides is 1. The van der Waals surface area contributed by atoms with E-state index in [1.807, 2.05) is 6.92 Å². The number of aliphatic hydroxyl groups is 1. The summed E-state index contributed by atoms with van der Waals surface area (Å²) in [5.74, 6) is 0.0239. The third kappa shape index (κ3) is 2.88. The predicted molar refractivity (Wildman–Crippen MR) is 55.1 cm³/mol. The van der Waals surface area contributed by atoms with Gasteiger partial charge in [0.25, 0.3) is 5.91 Å². The number of nitrogens with zero attached hydrogens (tertiary/aromatic N) is 3. The molecule has 6 nitrogen and oxygen atoms in total. The Balaban J connectivity index is 2.78. The van der Waals surface area contributed by atoms with E-state index in [9.17, 15) is 4.79 Å². The van der Waals surface area contributed by atoms with Gasteiger partial charge in [0.1, 0.15) is 11.5 Å². The van der Waals surface area contributed by atoms with Gasteiger partial charge >= 0.3 is 0 Å². The second kappa shape index (κ2) is 5.26. The molecule has 1 aromatic rings. The molecule has 0 aliphatic rings. The molecule has 0 aromatic carbocycles. The van der Waals surface area contributed by atoms with Crippen molar-refractivity contribution in [1.82, 2.24) is 14.9 Å². The van der Waals surface area contributed by atoms with E-state index in [2.05, 4.69) is 9.97 Å². The van der Waals surface area contributed by atoms with Gasteiger partial charge < -0.3 is 15.7 Å². The van der Waals surface area contributed by atoms with Crippen LogP contribution in [0, 0.1) is 0 Å². The lowest BCUT2D eigenvalue weighted by Crippen LogP contribution is -2.33. The quantitative estimate of drug-likeness (QED) is 0.699. The maximum atomic E-state index is 11.7. The summed E-state index contributed by atoms with van der Waals surface area (Å²) in [5, 5.41) is 8.76. The minimum Gasteiger partial charge on any atom is -0.395 e. The van der Waals surface area contributed by atoms with Crippen LogP contribution in [0.15, 0.2) is 12.4 Å². The highest BCUT2D eigenvalue weighted by Crippen LogP contribution is 2.01. The van der Waals surface area contributed by atoms with Gasteiger partial charge in [-0.25, -0.2) is 9.97 Å². The molecule has 0 bridgehead atoms. The second-order valence-corrected chi connectivity index (χ2v) is 2.93. The molecular weight excluding hydrogens is 196 g/mol. The molecule has 1 amide bonds. The van der Waals surface area contributed by atoms with Gasteiger partial charge in [-0.05, 0) is 6.92 Å². The van der Waals surface area contributed by atoms with Crippen molar-refractivity contribution < 1.29 is 9.90 Å². The van der Waals surface area contributed by atoms with Crippen molar-refractivity contribution in [3.05, 3.63) is 18.1 Å². The summed E-state index contributed by atoms with van der Waals surface area (Å²) < 4.78 is 0. The van der Waals surface area contributed by atoms with Crippen molar-refractivity contribution in [2.45, 2.75) is 6.92 Å². The molecular formula is C9H14N4O2. The van der Waals surface area contributed by atoms with Crippen molar-refractivity contribution in [2.75, 3.05) is 25.4 Å². The summed E-state index contributed by atoms with van der Waals surface area (Å²) >= 11 is 0. The van der Waals surface area contributed by atoms with E-state index in [1.165, 1.54) is 17.3 Å². The predicted octanol–water partition coefficient (Wildman–Crippen LogP) is -0.487. The lowest BCUT2D eigenvalue weighted by molar-refractivity contribution is 0.0725. The Morgan fingerprint density at radius 2 is 2.27 bits per heavy atom. The maximum absolute atomic E-state index is 11.7. The monoisotopic (exact) mass is 210 g/mol. The molecule has 6 heteroatoms. The largest absolute Gasteiger partial charge is 0.395 e. The lowest BCUT2D eigenvalue weighted by atomic mass is 10.3. The summed E-state index contributed by atoms with van der Waals surface area (Å²) in [7, 11) is 0. The van der Waals surface area contributed by atoms with Crippen molar-refractivity contribution in [3.8, 4) is 0 Å². The molecule has 0 saturated carbocycles. The van der Waals surface area contributed by atoms with Crippen molar-refractivity contribution in [1.29, 1.82) is 0 Å². The van der Waals surface area contributed by atoms with Crippen LogP contribution in [0.2, 0.25) is 0 Å². The fraction of sp³-hybridized carbons (Fsp3) is 0.444. The minimum absolute atomic E-state index is 0.0675. The number of aromatic nitrogens is 2. The average Bonchev–Trinajstić information content (AvgIpc) is 2.26. The third-order valence-electron chi connectivity index (χ3n) is 1.93. The highest BCUT2D eigenvalue weighted by atomic mass is 16.3. The Morgan fingerprint density at radius 3 is 2.73 bits per heavy atom. The van der Waals surface area contributed by atoms with Crippen LogP contribution in [-0.4, -0.2) is 45.6 Å². The van der Waals surface area contributed by atoms with E-state index >= 15 is 0 Å². The van der Waals surface area contributed by atoms with Crippen LogP contribution in [0.4, 0.5) is 5.82 Å². The van der Waals surface area contributed by atoms with E-state index in [0.29, 0.717) is 13.1 Å². The van der Waals surface area contributed by atoms with Gasteiger partial charge in [-0.3, -0.25) is 4.79 Å². The summed E-state index contributed by atoms with van der Waals surface area (Å²) in [6, 6.07) is 0. The molecule has 0 radical (unpaired) electrons. The van der Waals surface area contributed by atoms with Gasteiger partial charge in [0.2, 0.25) is 0 Å². The summed E-state index contributed by atoms with van der Waals surface area (Å²) in [6.45, 7) is 2.58. The first-order chi connectivity index (χ1) is 7.19. The highest BCUT2D eigenvalue weighted by molar-refractivity contribution is 5.92. The fourth-order valence-electron chi connectivity index (χ4n) is 1.13. The zero-order chi connectivity index (χ0) is 11.3. The Morgan fingerprint density at radius 1 is 1.53 bits per heavy atom. The Hall–Kier alpha value is -1.69. The van der Waals surface area contributed by atoms with Crippen LogP contribution in [0.25, 0.3) is 0 Å². The smallest absolute Gasteiger partial charge is 0.274 e. The van der Waals surface area contributed by atoms with E-state index in [1.54, 1.807) is 0 Å². The molecule has 0 fully saturated rings. The SMILES string of the molecule is CCN(CCO)C(=O)c1cnc(N)cn1. The number of anilines is 1. The number of hydrogen-bond donors (Lipinski definition) is 2. The zero-order valence-corrected chi connectivity index (χ0v) is 8.55. The van der Waals surface area contributed by atoms with E-state index in [0.717, 1.165) is 0 Å². The molecule has 1 rings (SSSR count). The average molecular weight is 210 g/mol. The Bertz CT molecular complexity index is 325. The van der Waals surface area contributed by atoms with E-state index in [-0.39, 0.29) is 24.0 Å². The molecule has 0 saturated heterocycles. The molecule has 0 aliphatic carbocycles. The van der Waals surface area contributed by atoms with Crippen LogP contribution in [-0.2, 0) is 0 Å². The fourth-order valence-corrected chi connectivity index (χ4v) is 1.13. The van der Waals surface area contributed by atoms with Crippen LogP contribution < -0.4 is 5.73 Å². The molecule has 0 atom stereocenters. The number of hydrogen-bond acceptors (Lipinski definition) is 5. The molecule has 82 valence electrons. The molecule has 3 N–H and O–H groups in total. The van der Waals surface area contributed by atoms with Gasteiger partial charge in [0, 0.05) is 13.1 Å². The first-order valence-corrected chi connectivity index (χ1v) is 4.66. The molecule has 15 heavy (non-hydrogen) atoms. The maximum Gasteiger partial charge on any atom is 0.274 e. The Kier molecular flexibility index (Phi) is 3.99. The first-order valence-electron chi connectivity index (χ1n) is 4.66. The Labute approximate surface area is 87.8 Å². The van der Waals surface area contributed by atoms with Crippen LogP contribution in [0.1, 0.15) is 17.4 Å². The molecule has 0 aliphatic heterocycles. The number of nitrogens with two attached hydrogens (primary N) is 1. The molecule has 1 aromatic heterocycles. The summed E-state index contributed by atoms with van der Waals surface area (Å²) in [5.41, 5.74) is 5.59. The third-order valence-corrected chi connectivity index (χ3v) is 1.93. The van der Waals surface area contributed by atoms with Crippen molar-refractivity contribution in [3.63, 3.8) is 0 Å². The number of carbonyl (C=O) groups excluding carboxylic acids is 1. The van der Waals surface area contributed by atoms with Crippen molar-refractivity contribution in [2.24, 2.45) is 0 Å². The number of nitrogen functional groups attached to an aromatic ring is 1. The molecule has 0 spiro atoms. The summed E-state index contributed by atoms with van der Waals surface area (Å²) in [4.78, 5) is 20.9. The lowest BCUT2D eigenvalue weighted by Gasteiger charge is -2.18. The first kappa shape index (κ1) is 11.4. The number of rotatable bonds is 4. The molecule has 0 unspecified atom stereocenters. The normalized spacial score (nSPS) is 10.0. The van der Waals surface area contributed by atoms with Crippen LogP contribution in [0.5, 0.6) is 0 Å². The van der Waals surface area contributed by atoms with Gasteiger partial charge in [0.05, 0.1) is 19.0 Å². The zero-order valence-electron chi connectivity index (χ0n) is 8.55. The highest BCUT2D eigenvalue weighted by Gasteiger charge is 2.14. The van der Waals surface area contributed by atoms with E-state index in [4.69, 9.17) is 10.8 Å². The van der Waals surface area contributed by atoms with Gasteiger partial charge in [-0.2, -0.15) is 0 Å². The second-order valence-electron chi connectivity index (χ2n) is 2.93. The number of likely N-dealkylation sites (N-methyl/N-ethyl adjacent to an activating group) is 1. The minimum atomic E-state index is -0.251.